The van der Waals surface area contributed by atoms with Gasteiger partial charge in [-0.3, -0.25) is 9.36 Å². The number of hydrogen-bond acceptors (Lipinski definition) is 5. The van der Waals surface area contributed by atoms with Gasteiger partial charge in [-0.15, -0.1) is 5.10 Å². The molecule has 0 radical (unpaired) electrons. The molecule has 7 nitrogen and oxygen atoms in total. The summed E-state index contributed by atoms with van der Waals surface area (Å²) in [5.74, 6) is 0.159. The van der Waals surface area contributed by atoms with E-state index in [0.29, 0.717) is 18.2 Å². The fourth-order valence-corrected chi connectivity index (χ4v) is 3.76. The molecule has 0 aliphatic carbocycles. The number of carbonyl (C=O) groups excluding carboxylic acids is 1. The lowest BCUT2D eigenvalue weighted by molar-refractivity contribution is -0.118. The summed E-state index contributed by atoms with van der Waals surface area (Å²) in [5.41, 5.74) is 2.20. The Kier molecular flexibility index (Phi) is 6.51. The SMILES string of the molecule is Cc1ccccc1CCNC(=O)CSc1n[nH]c(=O)n1C[C@@H]1CCCO1. The highest BCUT2D eigenvalue weighted by molar-refractivity contribution is 7.99. The summed E-state index contributed by atoms with van der Waals surface area (Å²) < 4.78 is 7.13. The summed E-state index contributed by atoms with van der Waals surface area (Å²) in [6.45, 7) is 3.88. The molecule has 26 heavy (non-hydrogen) atoms. The van der Waals surface area contributed by atoms with Crippen LogP contribution in [0.25, 0.3) is 0 Å². The number of H-pyrrole nitrogens is 1. The van der Waals surface area contributed by atoms with Gasteiger partial charge in [-0.05, 0) is 37.3 Å². The smallest absolute Gasteiger partial charge is 0.344 e. The van der Waals surface area contributed by atoms with Crippen molar-refractivity contribution in [2.75, 3.05) is 18.9 Å². The molecule has 1 aromatic carbocycles. The van der Waals surface area contributed by atoms with Crippen LogP contribution in [0.5, 0.6) is 0 Å². The van der Waals surface area contributed by atoms with Gasteiger partial charge in [-0.1, -0.05) is 36.0 Å². The van der Waals surface area contributed by atoms with Gasteiger partial charge in [0.05, 0.1) is 18.4 Å². The Morgan fingerprint density at radius 1 is 1.46 bits per heavy atom. The lowest BCUT2D eigenvalue weighted by Gasteiger charge is -2.11. The van der Waals surface area contributed by atoms with E-state index in [1.807, 2.05) is 12.1 Å². The van der Waals surface area contributed by atoms with E-state index in [0.717, 1.165) is 25.9 Å². The third kappa shape index (κ3) is 4.98. The summed E-state index contributed by atoms with van der Waals surface area (Å²) in [6.07, 6.45) is 2.81. The van der Waals surface area contributed by atoms with Crippen LogP contribution in [-0.2, 0) is 22.5 Å². The van der Waals surface area contributed by atoms with Gasteiger partial charge >= 0.3 is 5.69 Å². The quantitative estimate of drug-likeness (QED) is 0.682. The number of benzene rings is 1. The van der Waals surface area contributed by atoms with Crippen molar-refractivity contribution in [1.29, 1.82) is 0 Å². The maximum atomic E-state index is 12.1. The van der Waals surface area contributed by atoms with Crippen molar-refractivity contribution in [2.45, 2.75) is 44.0 Å². The Balaban J connectivity index is 1.46. The van der Waals surface area contributed by atoms with Crippen LogP contribution in [0.15, 0.2) is 34.2 Å². The number of rotatable bonds is 8. The van der Waals surface area contributed by atoms with Crippen molar-refractivity contribution in [3.63, 3.8) is 0 Å². The molecule has 1 aliphatic heterocycles. The van der Waals surface area contributed by atoms with E-state index >= 15 is 0 Å². The Bertz CT molecular complexity index is 796. The summed E-state index contributed by atoms with van der Waals surface area (Å²) in [5, 5.41) is 9.92. The molecule has 0 saturated carbocycles. The number of aromatic nitrogens is 3. The minimum atomic E-state index is -0.261. The first-order valence-corrected chi connectivity index (χ1v) is 9.83. The zero-order valence-electron chi connectivity index (χ0n) is 14.9. The number of nitrogens with one attached hydrogen (secondary N) is 2. The number of aryl methyl sites for hydroxylation is 1. The van der Waals surface area contributed by atoms with Crippen molar-refractivity contribution in [3.05, 3.63) is 45.9 Å². The van der Waals surface area contributed by atoms with E-state index in [2.05, 4.69) is 34.6 Å². The third-order valence-electron chi connectivity index (χ3n) is 4.44. The number of amides is 1. The Morgan fingerprint density at radius 3 is 3.08 bits per heavy atom. The van der Waals surface area contributed by atoms with Crippen LogP contribution >= 0.6 is 11.8 Å². The van der Waals surface area contributed by atoms with Crippen LogP contribution in [0.1, 0.15) is 24.0 Å². The standard InChI is InChI=1S/C18H24N4O3S/c1-13-5-2-3-6-14(13)8-9-19-16(23)12-26-18-21-20-17(24)22(18)11-15-7-4-10-25-15/h2-3,5-6,15H,4,7-12H2,1H3,(H,19,23)(H,20,24)/t15-/m0/s1. The summed E-state index contributed by atoms with van der Waals surface area (Å²) in [4.78, 5) is 24.0. The molecule has 1 aliphatic rings. The van der Waals surface area contributed by atoms with E-state index in [4.69, 9.17) is 4.74 Å². The molecule has 8 heteroatoms. The van der Waals surface area contributed by atoms with Crippen LogP contribution in [0.4, 0.5) is 0 Å². The highest BCUT2D eigenvalue weighted by Gasteiger charge is 2.20. The van der Waals surface area contributed by atoms with Crippen LogP contribution in [0.2, 0.25) is 0 Å². The van der Waals surface area contributed by atoms with E-state index < -0.39 is 0 Å². The van der Waals surface area contributed by atoms with Crippen molar-refractivity contribution < 1.29 is 9.53 Å². The summed E-state index contributed by atoms with van der Waals surface area (Å²) >= 11 is 1.26. The van der Waals surface area contributed by atoms with Crippen LogP contribution < -0.4 is 11.0 Å². The lowest BCUT2D eigenvalue weighted by Crippen LogP contribution is -2.28. The molecule has 1 saturated heterocycles. The van der Waals surface area contributed by atoms with Crippen molar-refractivity contribution >= 4 is 17.7 Å². The first kappa shape index (κ1) is 18.7. The molecule has 140 valence electrons. The molecule has 1 aromatic heterocycles. The molecular formula is C18H24N4O3S. The van der Waals surface area contributed by atoms with Crippen LogP contribution in [-0.4, -0.2) is 45.7 Å². The van der Waals surface area contributed by atoms with Crippen molar-refractivity contribution in [2.24, 2.45) is 0 Å². The molecule has 2 N–H and O–H groups in total. The average molecular weight is 376 g/mol. The Morgan fingerprint density at radius 2 is 2.31 bits per heavy atom. The molecule has 3 rings (SSSR count). The van der Waals surface area contributed by atoms with E-state index in [1.54, 1.807) is 4.57 Å². The average Bonchev–Trinajstić information content (AvgIpc) is 3.26. The predicted molar refractivity (Wildman–Crippen MR) is 100 cm³/mol. The van der Waals surface area contributed by atoms with Gasteiger partial charge in [-0.2, -0.15) is 0 Å². The third-order valence-corrected chi connectivity index (χ3v) is 5.42. The number of nitrogens with zero attached hydrogens (tertiary/aromatic N) is 2. The zero-order valence-corrected chi connectivity index (χ0v) is 15.7. The lowest BCUT2D eigenvalue weighted by atomic mass is 10.1. The minimum absolute atomic E-state index is 0.0487. The zero-order chi connectivity index (χ0) is 18.4. The second-order valence-electron chi connectivity index (χ2n) is 6.37. The largest absolute Gasteiger partial charge is 0.376 e. The van der Waals surface area contributed by atoms with E-state index in [9.17, 15) is 9.59 Å². The maximum absolute atomic E-state index is 12.1. The Labute approximate surface area is 156 Å². The second-order valence-corrected chi connectivity index (χ2v) is 7.31. The van der Waals surface area contributed by atoms with E-state index in [-0.39, 0.29) is 23.5 Å². The molecule has 1 amide bonds. The second kappa shape index (κ2) is 9.05. The topological polar surface area (TPSA) is 89.0 Å². The van der Waals surface area contributed by atoms with Crippen LogP contribution in [0, 0.1) is 6.92 Å². The van der Waals surface area contributed by atoms with Crippen LogP contribution in [0.3, 0.4) is 0 Å². The Hall–Kier alpha value is -2.06. The molecule has 1 fully saturated rings. The molecule has 0 spiro atoms. The number of aromatic amines is 1. The minimum Gasteiger partial charge on any atom is -0.376 e. The molecule has 2 aromatic rings. The maximum Gasteiger partial charge on any atom is 0.344 e. The van der Waals surface area contributed by atoms with Gasteiger partial charge in [0.25, 0.3) is 0 Å². The predicted octanol–water partition coefficient (Wildman–Crippen LogP) is 1.51. The molecule has 0 bridgehead atoms. The number of ether oxygens (including phenoxy) is 1. The molecule has 1 atom stereocenters. The fourth-order valence-electron chi connectivity index (χ4n) is 2.97. The number of thioether (sulfide) groups is 1. The van der Waals surface area contributed by atoms with Crippen molar-refractivity contribution in [1.82, 2.24) is 20.1 Å². The van der Waals surface area contributed by atoms with Gasteiger partial charge in [0.15, 0.2) is 5.16 Å². The highest BCUT2D eigenvalue weighted by atomic mass is 32.2. The normalized spacial score (nSPS) is 16.7. The monoisotopic (exact) mass is 376 g/mol. The molecular weight excluding hydrogens is 352 g/mol. The van der Waals surface area contributed by atoms with Gasteiger partial charge in [0, 0.05) is 13.2 Å². The van der Waals surface area contributed by atoms with Gasteiger partial charge in [0.2, 0.25) is 5.91 Å². The first-order chi connectivity index (χ1) is 12.6. The number of carbonyl (C=O) groups is 1. The van der Waals surface area contributed by atoms with Gasteiger partial charge in [0.1, 0.15) is 0 Å². The summed E-state index contributed by atoms with van der Waals surface area (Å²) in [6, 6.07) is 8.15. The molecule has 2 heterocycles. The highest BCUT2D eigenvalue weighted by Crippen LogP contribution is 2.17. The van der Waals surface area contributed by atoms with Gasteiger partial charge < -0.3 is 10.1 Å². The first-order valence-electron chi connectivity index (χ1n) is 8.84. The summed E-state index contributed by atoms with van der Waals surface area (Å²) in [7, 11) is 0. The fraction of sp³-hybridized carbons (Fsp3) is 0.500. The number of hydrogen-bond donors (Lipinski definition) is 2. The van der Waals surface area contributed by atoms with Crippen molar-refractivity contribution in [3.8, 4) is 0 Å². The molecule has 0 unspecified atom stereocenters. The van der Waals surface area contributed by atoms with E-state index in [1.165, 1.54) is 22.9 Å². The van der Waals surface area contributed by atoms with Gasteiger partial charge in [-0.25, -0.2) is 9.89 Å².